The molecule has 0 bridgehead atoms. The molecular formula is C22H26BrClF2N4O2. The number of ether oxygens (including phenoxy) is 1. The summed E-state index contributed by atoms with van der Waals surface area (Å²) in [6.45, 7) is 8.51. The molecule has 1 aliphatic rings. The number of fused-ring (bicyclic) bond motifs is 1. The first-order valence-corrected chi connectivity index (χ1v) is 11.3. The summed E-state index contributed by atoms with van der Waals surface area (Å²) in [6.07, 6.45) is 2.01. The Kier molecular flexibility index (Phi) is 9.71. The molecule has 32 heavy (non-hydrogen) atoms. The summed E-state index contributed by atoms with van der Waals surface area (Å²) in [7, 11) is 1.49. The van der Waals surface area contributed by atoms with Gasteiger partial charge < -0.3 is 19.5 Å². The molecule has 0 atom stereocenters. The number of aryl methyl sites for hydroxylation is 1. The van der Waals surface area contributed by atoms with Gasteiger partial charge in [-0.1, -0.05) is 41.4 Å². The Bertz CT molecular complexity index is 1060. The van der Waals surface area contributed by atoms with E-state index in [0.29, 0.717) is 43.3 Å². The van der Waals surface area contributed by atoms with E-state index in [1.807, 2.05) is 31.7 Å². The van der Waals surface area contributed by atoms with Crippen molar-refractivity contribution in [2.24, 2.45) is 0 Å². The van der Waals surface area contributed by atoms with Crippen molar-refractivity contribution < 1.29 is 18.3 Å². The van der Waals surface area contributed by atoms with Crippen molar-refractivity contribution in [1.29, 1.82) is 0 Å². The predicted molar refractivity (Wildman–Crippen MR) is 128 cm³/mol. The molecule has 1 saturated heterocycles. The monoisotopic (exact) mass is 530 g/mol. The van der Waals surface area contributed by atoms with Gasteiger partial charge in [-0.15, -0.1) is 0 Å². The van der Waals surface area contributed by atoms with Gasteiger partial charge in [-0.2, -0.15) is 0 Å². The summed E-state index contributed by atoms with van der Waals surface area (Å²) >= 11 is 9.00. The fourth-order valence-corrected chi connectivity index (χ4v) is 4.04. The van der Waals surface area contributed by atoms with E-state index in [-0.39, 0.29) is 5.02 Å². The van der Waals surface area contributed by atoms with Gasteiger partial charge in [0.2, 0.25) is 6.41 Å². The minimum absolute atomic E-state index is 0.126. The van der Waals surface area contributed by atoms with Crippen LogP contribution in [0.2, 0.25) is 5.02 Å². The summed E-state index contributed by atoms with van der Waals surface area (Å²) < 4.78 is 32.3. The van der Waals surface area contributed by atoms with Crippen LogP contribution in [-0.2, 0) is 4.79 Å². The lowest BCUT2D eigenvalue weighted by Gasteiger charge is -2.33. The van der Waals surface area contributed by atoms with Crippen LogP contribution in [0.15, 0.2) is 28.9 Å². The van der Waals surface area contributed by atoms with Gasteiger partial charge in [0.15, 0.2) is 17.4 Å². The minimum atomic E-state index is -0.419. The first kappa shape index (κ1) is 25.9. The zero-order valence-electron chi connectivity index (χ0n) is 18.4. The third kappa shape index (κ3) is 6.10. The molecule has 0 unspecified atom stereocenters. The first-order valence-electron chi connectivity index (χ1n) is 10.1. The molecule has 1 aliphatic heterocycles. The molecule has 0 radical (unpaired) electrons. The number of hydrogen-bond acceptors (Lipinski definition) is 4. The molecule has 6 nitrogen and oxygen atoms in total. The zero-order valence-corrected chi connectivity index (χ0v) is 20.7. The number of aromatic nitrogens is 2. The normalized spacial score (nSPS) is 13.1. The number of carbonyl (C=O) groups is 1. The standard InChI is InChI=1S/C11H14FN3O2.C9H6BrClFN.C2H6/c1-17-10-6-9(12)7-13-11(10)15-4-2-14(8-16)3-5-15;1-4-2-5-6(10)3-7(11)8(12)9(5)13-4;1-2/h6-8H,2-5H2,1H3;2-3,13H,1H3;1-2H3. The summed E-state index contributed by atoms with van der Waals surface area (Å²) in [5.74, 6) is 0.231. The number of hydrogen-bond donors (Lipinski definition) is 1. The van der Waals surface area contributed by atoms with Crippen LogP contribution < -0.4 is 9.64 Å². The number of halogens is 4. The number of aromatic amines is 1. The fourth-order valence-electron chi connectivity index (χ4n) is 3.16. The average Bonchev–Trinajstić information content (AvgIpc) is 3.22. The molecular weight excluding hydrogens is 506 g/mol. The Hall–Kier alpha value is -2.39. The van der Waals surface area contributed by atoms with Gasteiger partial charge in [0.05, 0.1) is 23.8 Å². The third-order valence-electron chi connectivity index (χ3n) is 4.67. The lowest BCUT2D eigenvalue weighted by Crippen LogP contribution is -2.46. The van der Waals surface area contributed by atoms with Crippen LogP contribution in [0.1, 0.15) is 19.5 Å². The van der Waals surface area contributed by atoms with Crippen molar-refractivity contribution in [2.75, 3.05) is 38.2 Å². The summed E-state index contributed by atoms with van der Waals surface area (Å²) in [5.41, 5.74) is 1.37. The number of methoxy groups -OCH3 is 1. The van der Waals surface area contributed by atoms with E-state index >= 15 is 0 Å². The van der Waals surface area contributed by atoms with Gasteiger partial charge in [-0.3, -0.25) is 4.79 Å². The van der Waals surface area contributed by atoms with Crippen LogP contribution in [0.3, 0.4) is 0 Å². The summed E-state index contributed by atoms with van der Waals surface area (Å²) in [5, 5.41) is 0.945. The first-order chi connectivity index (χ1) is 15.3. The maximum Gasteiger partial charge on any atom is 0.209 e. The van der Waals surface area contributed by atoms with E-state index in [4.69, 9.17) is 16.3 Å². The van der Waals surface area contributed by atoms with Crippen molar-refractivity contribution >= 4 is 50.7 Å². The van der Waals surface area contributed by atoms with Gasteiger partial charge in [0.1, 0.15) is 5.82 Å². The van der Waals surface area contributed by atoms with Crippen molar-refractivity contribution in [3.8, 4) is 5.75 Å². The van der Waals surface area contributed by atoms with E-state index in [9.17, 15) is 13.6 Å². The van der Waals surface area contributed by atoms with Gasteiger partial charge in [0.25, 0.3) is 0 Å². The lowest BCUT2D eigenvalue weighted by molar-refractivity contribution is -0.118. The molecule has 1 amide bonds. The highest BCUT2D eigenvalue weighted by molar-refractivity contribution is 9.10. The molecule has 2 aromatic heterocycles. The molecule has 1 fully saturated rings. The largest absolute Gasteiger partial charge is 0.493 e. The number of carbonyl (C=O) groups excluding carboxylic acids is 1. The fraction of sp³-hybridized carbons (Fsp3) is 0.364. The number of nitrogens with zero attached hydrogens (tertiary/aromatic N) is 3. The molecule has 3 heterocycles. The number of piperazine rings is 1. The number of anilines is 1. The Morgan fingerprint density at radius 3 is 2.44 bits per heavy atom. The highest BCUT2D eigenvalue weighted by Gasteiger charge is 2.20. The maximum absolute atomic E-state index is 13.4. The minimum Gasteiger partial charge on any atom is -0.493 e. The van der Waals surface area contributed by atoms with Crippen LogP contribution in [0.4, 0.5) is 14.6 Å². The van der Waals surface area contributed by atoms with E-state index < -0.39 is 11.6 Å². The number of H-pyrrole nitrogens is 1. The summed E-state index contributed by atoms with van der Waals surface area (Å²) in [4.78, 5) is 21.2. The quantitative estimate of drug-likeness (QED) is 0.355. The van der Waals surface area contributed by atoms with E-state index in [1.165, 1.54) is 19.4 Å². The second-order valence-corrected chi connectivity index (χ2v) is 7.96. The molecule has 1 aromatic carbocycles. The Balaban J connectivity index is 0.000000217. The molecule has 4 rings (SSSR count). The lowest BCUT2D eigenvalue weighted by atomic mass is 10.2. The number of amides is 1. The predicted octanol–water partition coefficient (Wildman–Crippen LogP) is 5.57. The molecule has 0 saturated carbocycles. The topological polar surface area (TPSA) is 61.5 Å². The highest BCUT2D eigenvalue weighted by atomic mass is 79.9. The van der Waals surface area contributed by atoms with Crippen molar-refractivity contribution in [3.05, 3.63) is 51.2 Å². The molecule has 3 aromatic rings. The number of benzene rings is 1. The van der Waals surface area contributed by atoms with E-state index in [2.05, 4.69) is 25.9 Å². The van der Waals surface area contributed by atoms with E-state index in [1.54, 1.807) is 11.0 Å². The zero-order chi connectivity index (χ0) is 23.8. The third-order valence-corrected chi connectivity index (χ3v) is 5.61. The second kappa shape index (κ2) is 12.0. The molecule has 0 spiro atoms. The van der Waals surface area contributed by atoms with Crippen LogP contribution in [0.25, 0.3) is 10.9 Å². The van der Waals surface area contributed by atoms with Crippen LogP contribution >= 0.6 is 27.5 Å². The number of pyridine rings is 1. The van der Waals surface area contributed by atoms with Gasteiger partial charge in [-0.05, 0) is 19.1 Å². The van der Waals surface area contributed by atoms with Crippen LogP contribution in [0.5, 0.6) is 5.75 Å². The maximum atomic E-state index is 13.4. The van der Waals surface area contributed by atoms with E-state index in [0.717, 1.165) is 22.0 Å². The van der Waals surface area contributed by atoms with Crippen molar-refractivity contribution in [2.45, 2.75) is 20.8 Å². The average molecular weight is 532 g/mol. The summed E-state index contributed by atoms with van der Waals surface area (Å²) in [6, 6.07) is 4.75. The second-order valence-electron chi connectivity index (χ2n) is 6.70. The molecule has 1 N–H and O–H groups in total. The molecule has 0 aliphatic carbocycles. The van der Waals surface area contributed by atoms with Gasteiger partial charge in [0, 0.05) is 47.8 Å². The van der Waals surface area contributed by atoms with Crippen LogP contribution in [-0.4, -0.2) is 54.6 Å². The SMILES string of the molecule is CC.COc1cc(F)cnc1N1CCN(C=O)CC1.Cc1cc2c(Br)cc(Cl)c(F)c2[nH]1. The Labute approximate surface area is 199 Å². The molecule has 10 heteroatoms. The number of nitrogens with one attached hydrogen (secondary N) is 1. The molecule has 174 valence electrons. The van der Waals surface area contributed by atoms with Gasteiger partial charge >= 0.3 is 0 Å². The van der Waals surface area contributed by atoms with Crippen LogP contribution in [0, 0.1) is 18.6 Å². The van der Waals surface area contributed by atoms with Crippen molar-refractivity contribution in [3.63, 3.8) is 0 Å². The number of rotatable bonds is 3. The smallest absolute Gasteiger partial charge is 0.209 e. The Morgan fingerprint density at radius 2 is 1.84 bits per heavy atom. The van der Waals surface area contributed by atoms with Crippen molar-refractivity contribution in [1.82, 2.24) is 14.9 Å². The highest BCUT2D eigenvalue weighted by Crippen LogP contribution is 2.31. The van der Waals surface area contributed by atoms with Gasteiger partial charge in [-0.25, -0.2) is 13.8 Å². The Morgan fingerprint density at radius 1 is 1.19 bits per heavy atom.